The highest BCUT2D eigenvalue weighted by atomic mass is 19.1. The Kier molecular flexibility index (Phi) is 5.39. The summed E-state index contributed by atoms with van der Waals surface area (Å²) in [5, 5.41) is 0. The molecule has 0 bridgehead atoms. The molecule has 0 aromatic heterocycles. The van der Waals surface area contributed by atoms with Gasteiger partial charge in [-0.2, -0.15) is 0 Å². The predicted molar refractivity (Wildman–Crippen MR) is 86.5 cm³/mol. The first-order valence-electron chi connectivity index (χ1n) is 8.14. The molecule has 2 nitrogen and oxygen atoms in total. The van der Waals surface area contributed by atoms with Gasteiger partial charge >= 0.3 is 0 Å². The number of likely N-dealkylation sites (tertiary alicyclic amines) is 1. The van der Waals surface area contributed by atoms with Crippen LogP contribution in [0.3, 0.4) is 0 Å². The Hall–Kier alpha value is -0.930. The lowest BCUT2D eigenvalue weighted by molar-refractivity contribution is 0.0631. The minimum absolute atomic E-state index is 0.190. The first-order valence-corrected chi connectivity index (χ1v) is 8.14. The van der Waals surface area contributed by atoms with Crippen molar-refractivity contribution in [2.24, 2.45) is 23.5 Å². The molecule has 118 valence electrons. The third-order valence-electron chi connectivity index (χ3n) is 5.12. The quantitative estimate of drug-likeness (QED) is 0.914. The molecule has 1 saturated heterocycles. The van der Waals surface area contributed by atoms with Crippen LogP contribution < -0.4 is 5.73 Å². The molecular weight excluding hydrogens is 263 g/mol. The summed E-state index contributed by atoms with van der Waals surface area (Å²) in [5.41, 5.74) is 6.94. The Balaban J connectivity index is 2.03. The van der Waals surface area contributed by atoms with E-state index in [4.69, 9.17) is 5.73 Å². The summed E-state index contributed by atoms with van der Waals surface area (Å²) in [6.45, 7) is 11.1. The van der Waals surface area contributed by atoms with Crippen molar-refractivity contribution in [2.75, 3.05) is 13.1 Å². The molecule has 1 aliphatic heterocycles. The maximum atomic E-state index is 13.9. The van der Waals surface area contributed by atoms with Crippen molar-refractivity contribution in [1.82, 2.24) is 4.90 Å². The van der Waals surface area contributed by atoms with Gasteiger partial charge in [0.25, 0.3) is 0 Å². The Labute approximate surface area is 128 Å². The number of hydrogen-bond donors (Lipinski definition) is 1. The zero-order valence-corrected chi connectivity index (χ0v) is 13.7. The lowest BCUT2D eigenvalue weighted by Gasteiger charge is -2.43. The van der Waals surface area contributed by atoms with Gasteiger partial charge in [0.2, 0.25) is 0 Å². The average molecular weight is 292 g/mol. The van der Waals surface area contributed by atoms with Crippen LogP contribution >= 0.6 is 0 Å². The van der Waals surface area contributed by atoms with Crippen molar-refractivity contribution in [3.63, 3.8) is 0 Å². The summed E-state index contributed by atoms with van der Waals surface area (Å²) < 4.78 is 13.9. The molecule has 21 heavy (non-hydrogen) atoms. The van der Waals surface area contributed by atoms with E-state index in [0.717, 1.165) is 19.0 Å². The van der Waals surface area contributed by atoms with E-state index in [0.29, 0.717) is 17.5 Å². The van der Waals surface area contributed by atoms with Gasteiger partial charge in [-0.15, -0.1) is 0 Å². The van der Waals surface area contributed by atoms with Crippen LogP contribution in [0.25, 0.3) is 0 Å². The predicted octanol–water partition coefficient (Wildman–Crippen LogP) is 3.83. The molecule has 0 saturated carbocycles. The van der Waals surface area contributed by atoms with Crippen molar-refractivity contribution in [3.8, 4) is 0 Å². The van der Waals surface area contributed by atoms with Gasteiger partial charge in [0, 0.05) is 30.7 Å². The standard InChI is InChI=1S/C18H29FN2/c1-12-9-13(2)15(4)21(10-12)11-14(3)18(20)16-7-5-6-8-17(16)19/h5-8,12-15,18H,9-11,20H2,1-4H3. The summed E-state index contributed by atoms with van der Waals surface area (Å²) in [7, 11) is 0. The summed E-state index contributed by atoms with van der Waals surface area (Å²) in [6.07, 6.45) is 1.30. The van der Waals surface area contributed by atoms with Crippen molar-refractivity contribution in [3.05, 3.63) is 35.6 Å². The van der Waals surface area contributed by atoms with Crippen LogP contribution in [0.4, 0.5) is 4.39 Å². The SMILES string of the molecule is CC1CC(C)C(C)N(CC(C)C(N)c2ccccc2F)C1. The first-order chi connectivity index (χ1) is 9.90. The van der Waals surface area contributed by atoms with E-state index in [1.165, 1.54) is 12.5 Å². The monoisotopic (exact) mass is 292 g/mol. The number of benzene rings is 1. The van der Waals surface area contributed by atoms with Crippen molar-refractivity contribution >= 4 is 0 Å². The Morgan fingerprint density at radius 1 is 1.29 bits per heavy atom. The molecule has 0 radical (unpaired) electrons. The van der Waals surface area contributed by atoms with Crippen LogP contribution in [0.5, 0.6) is 0 Å². The van der Waals surface area contributed by atoms with Gasteiger partial charge in [-0.3, -0.25) is 4.90 Å². The number of halogens is 1. The molecule has 2 rings (SSSR count). The highest BCUT2D eigenvalue weighted by Gasteiger charge is 2.30. The largest absolute Gasteiger partial charge is 0.324 e. The smallest absolute Gasteiger partial charge is 0.127 e. The van der Waals surface area contributed by atoms with Gasteiger partial charge in [0.1, 0.15) is 5.82 Å². The Bertz CT molecular complexity index is 462. The van der Waals surface area contributed by atoms with Crippen LogP contribution in [-0.4, -0.2) is 24.0 Å². The third kappa shape index (κ3) is 3.83. The molecule has 1 aromatic carbocycles. The van der Waals surface area contributed by atoms with E-state index in [1.54, 1.807) is 12.1 Å². The molecule has 5 atom stereocenters. The van der Waals surface area contributed by atoms with E-state index in [1.807, 2.05) is 6.07 Å². The molecule has 0 aliphatic carbocycles. The minimum Gasteiger partial charge on any atom is -0.324 e. The number of hydrogen-bond acceptors (Lipinski definition) is 2. The molecule has 2 N–H and O–H groups in total. The molecule has 5 unspecified atom stereocenters. The summed E-state index contributed by atoms with van der Waals surface area (Å²) in [5.74, 6) is 1.49. The molecule has 3 heteroatoms. The van der Waals surface area contributed by atoms with Gasteiger partial charge in [-0.1, -0.05) is 39.0 Å². The fraction of sp³-hybridized carbons (Fsp3) is 0.667. The second kappa shape index (κ2) is 6.89. The van der Waals surface area contributed by atoms with E-state index >= 15 is 0 Å². The van der Waals surface area contributed by atoms with Crippen molar-refractivity contribution < 1.29 is 4.39 Å². The van der Waals surface area contributed by atoms with Gasteiger partial charge in [-0.25, -0.2) is 4.39 Å². The molecular formula is C18H29FN2. The maximum Gasteiger partial charge on any atom is 0.127 e. The summed E-state index contributed by atoms with van der Waals surface area (Å²) in [4.78, 5) is 2.53. The number of nitrogens with zero attached hydrogens (tertiary/aromatic N) is 1. The van der Waals surface area contributed by atoms with Gasteiger partial charge in [0.15, 0.2) is 0 Å². The number of piperidine rings is 1. The molecule has 1 aromatic rings. The second-order valence-corrected chi connectivity index (χ2v) is 7.04. The average Bonchev–Trinajstić information content (AvgIpc) is 2.44. The van der Waals surface area contributed by atoms with E-state index in [9.17, 15) is 4.39 Å². The highest BCUT2D eigenvalue weighted by Crippen LogP contribution is 2.30. The second-order valence-electron chi connectivity index (χ2n) is 7.04. The topological polar surface area (TPSA) is 29.3 Å². The fourth-order valence-electron chi connectivity index (χ4n) is 3.61. The van der Waals surface area contributed by atoms with Gasteiger partial charge < -0.3 is 5.73 Å². The molecule has 0 spiro atoms. The van der Waals surface area contributed by atoms with Crippen molar-refractivity contribution in [1.29, 1.82) is 0 Å². The molecule has 1 fully saturated rings. The van der Waals surface area contributed by atoms with E-state index in [2.05, 4.69) is 32.6 Å². The van der Waals surface area contributed by atoms with E-state index in [-0.39, 0.29) is 17.8 Å². The first kappa shape index (κ1) is 16.4. The Morgan fingerprint density at radius 2 is 1.95 bits per heavy atom. The fourth-order valence-corrected chi connectivity index (χ4v) is 3.61. The van der Waals surface area contributed by atoms with Crippen LogP contribution in [-0.2, 0) is 0 Å². The number of nitrogens with two attached hydrogens (primary N) is 1. The number of rotatable bonds is 4. The third-order valence-corrected chi connectivity index (χ3v) is 5.12. The lowest BCUT2D eigenvalue weighted by Crippen LogP contribution is -2.48. The van der Waals surface area contributed by atoms with Gasteiger partial charge in [0.05, 0.1) is 0 Å². The lowest BCUT2D eigenvalue weighted by atomic mass is 9.84. The zero-order chi connectivity index (χ0) is 15.6. The van der Waals surface area contributed by atoms with Crippen molar-refractivity contribution in [2.45, 2.75) is 46.2 Å². The maximum absolute atomic E-state index is 13.9. The Morgan fingerprint density at radius 3 is 2.62 bits per heavy atom. The summed E-state index contributed by atoms with van der Waals surface area (Å²) in [6, 6.07) is 7.21. The molecule has 1 heterocycles. The van der Waals surface area contributed by atoms with Crippen LogP contribution in [0.15, 0.2) is 24.3 Å². The van der Waals surface area contributed by atoms with Crippen LogP contribution in [0, 0.1) is 23.6 Å². The minimum atomic E-state index is -0.245. The zero-order valence-electron chi connectivity index (χ0n) is 13.7. The van der Waals surface area contributed by atoms with Crippen LogP contribution in [0.1, 0.15) is 45.7 Å². The normalized spacial score (nSPS) is 30.1. The highest BCUT2D eigenvalue weighted by molar-refractivity contribution is 5.21. The molecule has 1 aliphatic rings. The molecule has 0 amide bonds. The summed E-state index contributed by atoms with van der Waals surface area (Å²) >= 11 is 0. The van der Waals surface area contributed by atoms with Gasteiger partial charge in [-0.05, 0) is 37.2 Å². The van der Waals surface area contributed by atoms with Crippen LogP contribution in [0.2, 0.25) is 0 Å². The van der Waals surface area contributed by atoms with E-state index < -0.39 is 0 Å².